The molecule has 0 saturated heterocycles. The molecule has 0 spiro atoms. The van der Waals surface area contributed by atoms with Crippen molar-refractivity contribution < 1.29 is 44.3 Å². The molecule has 1 aliphatic rings. The molecule has 1 aliphatic heterocycles. The van der Waals surface area contributed by atoms with Crippen LogP contribution in [0.2, 0.25) is 0 Å². The highest BCUT2D eigenvalue weighted by molar-refractivity contribution is 5.96. The number of nitrogens with zero attached hydrogens (tertiary/aromatic N) is 2. The van der Waals surface area contributed by atoms with E-state index in [9.17, 15) is 49.1 Å². The van der Waals surface area contributed by atoms with Crippen LogP contribution in [-0.2, 0) is 29.7 Å². The standard InChI is InChI=1S/C16H8F9N3O2/c17-14(18,19)7-2-1-6(8(4-7)15(20,21)22)3-9-12(30)27-13-26-10(16(23,24)25)5-11(29)28(9)13/h1-2,4-5,9H,3H2,(H,26,27,30). The summed E-state index contributed by atoms with van der Waals surface area (Å²) in [6.07, 6.45) is -16.2. The van der Waals surface area contributed by atoms with Crippen molar-refractivity contribution in [1.29, 1.82) is 0 Å². The topological polar surface area (TPSA) is 64.0 Å². The van der Waals surface area contributed by atoms with E-state index >= 15 is 0 Å². The van der Waals surface area contributed by atoms with Crippen LogP contribution in [0.15, 0.2) is 29.1 Å². The Morgan fingerprint density at radius 2 is 1.53 bits per heavy atom. The Hall–Kier alpha value is -3.06. The first-order valence-corrected chi connectivity index (χ1v) is 7.88. The summed E-state index contributed by atoms with van der Waals surface area (Å²) < 4.78 is 117. The Kier molecular flexibility index (Phi) is 4.86. The number of nitrogens with one attached hydrogen (secondary N) is 1. The van der Waals surface area contributed by atoms with Crippen LogP contribution in [0.5, 0.6) is 0 Å². The SMILES string of the molecule is O=C1Nc2nc(C(F)(F)F)cc(=O)n2C1Cc1ccc(C(F)(F)F)cc1C(F)(F)F. The Labute approximate surface area is 160 Å². The zero-order valence-corrected chi connectivity index (χ0v) is 14.2. The second kappa shape index (κ2) is 6.74. The quantitative estimate of drug-likeness (QED) is 0.711. The number of aromatic nitrogens is 2. The third kappa shape index (κ3) is 3.98. The smallest absolute Gasteiger partial charge is 0.294 e. The van der Waals surface area contributed by atoms with Crippen LogP contribution in [-0.4, -0.2) is 15.5 Å². The van der Waals surface area contributed by atoms with Crippen LogP contribution in [0.4, 0.5) is 45.5 Å². The maximum Gasteiger partial charge on any atom is 0.433 e. The Balaban J connectivity index is 2.07. The molecule has 1 atom stereocenters. The van der Waals surface area contributed by atoms with E-state index < -0.39 is 70.8 Å². The van der Waals surface area contributed by atoms with Crippen LogP contribution in [0.3, 0.4) is 0 Å². The number of hydrogen-bond acceptors (Lipinski definition) is 3. The van der Waals surface area contributed by atoms with Crippen molar-refractivity contribution in [3.63, 3.8) is 0 Å². The number of hydrogen-bond donors (Lipinski definition) is 1. The molecule has 1 aromatic carbocycles. The Morgan fingerprint density at radius 3 is 2.07 bits per heavy atom. The fourth-order valence-corrected chi connectivity index (χ4v) is 2.92. The minimum Gasteiger partial charge on any atom is -0.294 e. The van der Waals surface area contributed by atoms with E-state index in [1.807, 2.05) is 5.32 Å². The summed E-state index contributed by atoms with van der Waals surface area (Å²) in [5, 5.41) is 1.87. The van der Waals surface area contributed by atoms with Gasteiger partial charge in [-0.1, -0.05) is 6.07 Å². The molecule has 30 heavy (non-hydrogen) atoms. The van der Waals surface area contributed by atoms with Crippen LogP contribution in [0.1, 0.15) is 28.4 Å². The number of alkyl halides is 9. The van der Waals surface area contributed by atoms with Gasteiger partial charge in [-0.3, -0.25) is 19.5 Å². The minimum absolute atomic E-state index is 0.0637. The molecule has 0 bridgehead atoms. The van der Waals surface area contributed by atoms with Crippen molar-refractivity contribution in [2.24, 2.45) is 0 Å². The van der Waals surface area contributed by atoms with Gasteiger partial charge in [0.25, 0.3) is 5.56 Å². The first kappa shape index (κ1) is 21.6. The van der Waals surface area contributed by atoms with Gasteiger partial charge in [0.15, 0.2) is 5.69 Å². The largest absolute Gasteiger partial charge is 0.433 e. The number of amides is 1. The van der Waals surface area contributed by atoms with Crippen molar-refractivity contribution in [2.75, 3.05) is 5.32 Å². The zero-order valence-electron chi connectivity index (χ0n) is 14.2. The first-order valence-electron chi connectivity index (χ1n) is 7.88. The van der Waals surface area contributed by atoms with Gasteiger partial charge in [0.05, 0.1) is 11.1 Å². The van der Waals surface area contributed by atoms with Crippen molar-refractivity contribution in [3.8, 4) is 0 Å². The molecule has 0 saturated carbocycles. The number of fused-ring (bicyclic) bond motifs is 1. The summed E-state index contributed by atoms with van der Waals surface area (Å²) in [5.74, 6) is -1.96. The molecule has 2 heterocycles. The Bertz CT molecular complexity index is 1070. The first-order chi connectivity index (χ1) is 13.6. The zero-order chi connectivity index (χ0) is 22.6. The van der Waals surface area contributed by atoms with Gasteiger partial charge in [-0.15, -0.1) is 0 Å². The molecule has 1 amide bonds. The van der Waals surface area contributed by atoms with E-state index in [2.05, 4.69) is 4.98 Å². The van der Waals surface area contributed by atoms with E-state index in [1.165, 1.54) is 0 Å². The van der Waals surface area contributed by atoms with Crippen molar-refractivity contribution in [2.45, 2.75) is 31.0 Å². The van der Waals surface area contributed by atoms with Gasteiger partial charge in [-0.2, -0.15) is 39.5 Å². The summed E-state index contributed by atoms with van der Waals surface area (Å²) in [6.45, 7) is 0. The second-order valence-electron chi connectivity index (χ2n) is 6.25. The van der Waals surface area contributed by atoms with Gasteiger partial charge >= 0.3 is 18.5 Å². The molecule has 1 unspecified atom stereocenters. The van der Waals surface area contributed by atoms with Crippen molar-refractivity contribution in [3.05, 3.63) is 57.0 Å². The highest BCUT2D eigenvalue weighted by Crippen LogP contribution is 2.39. The highest BCUT2D eigenvalue weighted by Gasteiger charge is 2.42. The average molecular weight is 445 g/mol. The molecule has 14 heteroatoms. The predicted octanol–water partition coefficient (Wildman–Crippen LogP) is 4.04. The van der Waals surface area contributed by atoms with Gasteiger partial charge in [0.2, 0.25) is 11.9 Å². The maximum atomic E-state index is 13.3. The molecule has 0 aliphatic carbocycles. The van der Waals surface area contributed by atoms with Gasteiger partial charge in [-0.25, -0.2) is 4.98 Å². The normalized spacial score (nSPS) is 17.1. The van der Waals surface area contributed by atoms with Crippen molar-refractivity contribution >= 4 is 11.9 Å². The molecule has 0 radical (unpaired) electrons. The molecular weight excluding hydrogens is 437 g/mol. The molecule has 2 aromatic rings. The highest BCUT2D eigenvalue weighted by atomic mass is 19.4. The van der Waals surface area contributed by atoms with Gasteiger partial charge in [0.1, 0.15) is 6.04 Å². The lowest BCUT2D eigenvalue weighted by Crippen LogP contribution is -2.28. The molecule has 1 aromatic heterocycles. The molecule has 1 N–H and O–H groups in total. The van der Waals surface area contributed by atoms with Gasteiger partial charge in [-0.05, 0) is 17.7 Å². The predicted molar refractivity (Wildman–Crippen MR) is 81.3 cm³/mol. The molecule has 0 fully saturated rings. The third-order valence-corrected chi connectivity index (χ3v) is 4.25. The fraction of sp³-hybridized carbons (Fsp3) is 0.312. The monoisotopic (exact) mass is 445 g/mol. The van der Waals surface area contributed by atoms with E-state index in [0.717, 1.165) is 0 Å². The average Bonchev–Trinajstić information content (AvgIpc) is 2.88. The summed E-state index contributed by atoms with van der Waals surface area (Å²) in [5.41, 5.74) is -7.01. The summed E-state index contributed by atoms with van der Waals surface area (Å²) in [6, 6.07) is -0.948. The van der Waals surface area contributed by atoms with E-state index in [4.69, 9.17) is 0 Å². The van der Waals surface area contributed by atoms with Gasteiger partial charge < -0.3 is 0 Å². The van der Waals surface area contributed by atoms with Crippen LogP contribution in [0.25, 0.3) is 0 Å². The van der Waals surface area contributed by atoms with Crippen LogP contribution >= 0.6 is 0 Å². The summed E-state index contributed by atoms with van der Waals surface area (Å²) in [7, 11) is 0. The maximum absolute atomic E-state index is 13.3. The van der Waals surface area contributed by atoms with E-state index in [-0.39, 0.29) is 12.1 Å². The molecular formula is C16H8F9N3O2. The number of benzene rings is 1. The lowest BCUT2D eigenvalue weighted by atomic mass is 9.97. The third-order valence-electron chi connectivity index (χ3n) is 4.25. The Morgan fingerprint density at radius 1 is 0.900 bits per heavy atom. The lowest BCUT2D eigenvalue weighted by Gasteiger charge is -2.18. The van der Waals surface area contributed by atoms with Crippen LogP contribution < -0.4 is 10.9 Å². The van der Waals surface area contributed by atoms with Gasteiger partial charge in [0, 0.05) is 12.5 Å². The summed E-state index contributed by atoms with van der Waals surface area (Å²) >= 11 is 0. The second-order valence-corrected chi connectivity index (χ2v) is 6.25. The van der Waals surface area contributed by atoms with E-state index in [0.29, 0.717) is 16.7 Å². The fourth-order valence-electron chi connectivity index (χ4n) is 2.92. The number of halogens is 9. The number of anilines is 1. The number of carbonyl (C=O) groups is 1. The number of carbonyl (C=O) groups excluding carboxylic acids is 1. The van der Waals surface area contributed by atoms with Crippen LogP contribution in [0, 0.1) is 0 Å². The molecule has 162 valence electrons. The minimum atomic E-state index is -5.22. The van der Waals surface area contributed by atoms with Crippen molar-refractivity contribution in [1.82, 2.24) is 9.55 Å². The lowest BCUT2D eigenvalue weighted by molar-refractivity contribution is -0.144. The summed E-state index contributed by atoms with van der Waals surface area (Å²) in [4.78, 5) is 27.2. The molecule has 5 nitrogen and oxygen atoms in total. The number of rotatable bonds is 2. The molecule has 3 rings (SSSR count). The van der Waals surface area contributed by atoms with E-state index in [1.54, 1.807) is 0 Å².